The van der Waals surface area contributed by atoms with E-state index in [2.05, 4.69) is 0 Å². The molecular weight excluding hydrogens is 462 g/mol. The summed E-state index contributed by atoms with van der Waals surface area (Å²) in [7, 11) is -3.12. The average Bonchev–Trinajstić information content (AvgIpc) is 3.45. The number of hydrogen-bond donors (Lipinski definition) is 0. The average molecular weight is 482 g/mol. The minimum atomic E-state index is -3.12. The lowest BCUT2D eigenvalue weighted by atomic mass is 10.1. The molecule has 5 rings (SSSR count). The van der Waals surface area contributed by atoms with Gasteiger partial charge < -0.3 is 0 Å². The molecule has 1 aromatic heterocycles. The highest BCUT2D eigenvalue weighted by molar-refractivity contribution is 8.26. The first-order chi connectivity index (χ1) is 15.4. The number of carbonyl (C=O) groups excluding carboxylic acids is 1. The van der Waals surface area contributed by atoms with Gasteiger partial charge in [0.15, 0.2) is 9.84 Å². The van der Waals surface area contributed by atoms with Gasteiger partial charge in [-0.1, -0.05) is 72.5 Å². The third-order valence-corrected chi connectivity index (χ3v) is 8.57. The summed E-state index contributed by atoms with van der Waals surface area (Å²) in [6.07, 6.45) is 4.12. The molecule has 2 aliphatic heterocycles. The topological polar surface area (TPSA) is 72.3 Å². The van der Waals surface area contributed by atoms with E-state index >= 15 is 0 Å². The van der Waals surface area contributed by atoms with E-state index < -0.39 is 9.84 Å². The van der Waals surface area contributed by atoms with E-state index in [-0.39, 0.29) is 23.5 Å². The van der Waals surface area contributed by atoms with E-state index in [4.69, 9.17) is 17.3 Å². The molecule has 3 aromatic rings. The van der Waals surface area contributed by atoms with Crippen molar-refractivity contribution in [3.8, 4) is 16.9 Å². The van der Waals surface area contributed by atoms with Crippen LogP contribution in [0.4, 0.5) is 0 Å². The summed E-state index contributed by atoms with van der Waals surface area (Å²) in [5, 5.41) is 4.78. The molecule has 1 unspecified atom stereocenters. The van der Waals surface area contributed by atoms with Gasteiger partial charge in [-0.15, -0.1) is 0 Å². The second kappa shape index (κ2) is 8.31. The number of para-hydroxylation sites is 1. The number of carbonyl (C=O) groups is 1. The van der Waals surface area contributed by atoms with Crippen LogP contribution in [0.25, 0.3) is 23.0 Å². The predicted molar refractivity (Wildman–Crippen MR) is 131 cm³/mol. The molecular formula is C23H19N3O3S3. The second-order valence-electron chi connectivity index (χ2n) is 7.69. The zero-order chi connectivity index (χ0) is 22.3. The number of thiocarbonyl (C=S) groups is 1. The molecule has 0 radical (unpaired) electrons. The molecule has 2 fully saturated rings. The van der Waals surface area contributed by atoms with Crippen molar-refractivity contribution >= 4 is 50.1 Å². The maximum atomic E-state index is 13.2. The Morgan fingerprint density at radius 3 is 2.41 bits per heavy atom. The number of sulfone groups is 1. The van der Waals surface area contributed by atoms with Crippen LogP contribution in [0.5, 0.6) is 0 Å². The monoisotopic (exact) mass is 481 g/mol. The molecule has 1 atom stereocenters. The number of nitrogens with zero attached hydrogens (tertiary/aromatic N) is 3. The zero-order valence-corrected chi connectivity index (χ0v) is 19.4. The Kier molecular flexibility index (Phi) is 5.48. The van der Waals surface area contributed by atoms with Crippen molar-refractivity contribution in [3.63, 3.8) is 0 Å². The van der Waals surface area contributed by atoms with Crippen molar-refractivity contribution in [2.75, 3.05) is 11.5 Å². The summed E-state index contributed by atoms with van der Waals surface area (Å²) >= 11 is 6.65. The molecule has 0 spiro atoms. The molecule has 162 valence electrons. The van der Waals surface area contributed by atoms with Gasteiger partial charge in [0.2, 0.25) is 0 Å². The molecule has 0 bridgehead atoms. The lowest BCUT2D eigenvalue weighted by Crippen LogP contribution is -2.39. The number of amides is 1. The molecule has 2 aliphatic rings. The molecule has 3 heterocycles. The molecule has 2 saturated heterocycles. The van der Waals surface area contributed by atoms with Gasteiger partial charge in [0.25, 0.3) is 5.91 Å². The smallest absolute Gasteiger partial charge is 0.266 e. The minimum Gasteiger partial charge on any atom is -0.289 e. The van der Waals surface area contributed by atoms with E-state index in [9.17, 15) is 13.2 Å². The van der Waals surface area contributed by atoms with Crippen molar-refractivity contribution in [3.05, 3.63) is 77.3 Å². The van der Waals surface area contributed by atoms with E-state index in [0.29, 0.717) is 15.6 Å². The van der Waals surface area contributed by atoms with Crippen LogP contribution in [0.2, 0.25) is 0 Å². The van der Waals surface area contributed by atoms with Crippen molar-refractivity contribution in [1.82, 2.24) is 14.7 Å². The molecule has 0 saturated carbocycles. The highest BCUT2D eigenvalue weighted by Gasteiger charge is 2.42. The summed E-state index contributed by atoms with van der Waals surface area (Å²) in [4.78, 5) is 15.1. The van der Waals surface area contributed by atoms with Gasteiger partial charge in [0, 0.05) is 17.3 Å². The lowest BCUT2D eigenvalue weighted by molar-refractivity contribution is -0.123. The van der Waals surface area contributed by atoms with Crippen LogP contribution in [0.1, 0.15) is 12.0 Å². The van der Waals surface area contributed by atoms with Crippen LogP contribution in [-0.4, -0.2) is 50.9 Å². The summed E-state index contributed by atoms with van der Waals surface area (Å²) in [5.41, 5.74) is 3.39. The number of benzene rings is 2. The van der Waals surface area contributed by atoms with E-state index in [1.54, 1.807) is 10.8 Å². The Bertz CT molecular complexity index is 1330. The van der Waals surface area contributed by atoms with Crippen LogP contribution < -0.4 is 0 Å². The molecule has 6 nitrogen and oxygen atoms in total. The van der Waals surface area contributed by atoms with Crippen LogP contribution >= 0.6 is 24.0 Å². The predicted octanol–water partition coefficient (Wildman–Crippen LogP) is 3.93. The third-order valence-electron chi connectivity index (χ3n) is 5.49. The van der Waals surface area contributed by atoms with Crippen LogP contribution in [-0.2, 0) is 14.6 Å². The molecule has 0 aliphatic carbocycles. The van der Waals surface area contributed by atoms with Crippen molar-refractivity contribution in [2.24, 2.45) is 0 Å². The Balaban J connectivity index is 1.54. The number of rotatable bonds is 4. The third kappa shape index (κ3) is 4.03. The van der Waals surface area contributed by atoms with Gasteiger partial charge >= 0.3 is 0 Å². The summed E-state index contributed by atoms with van der Waals surface area (Å²) in [5.74, 6) is -0.183. The maximum absolute atomic E-state index is 13.2. The standard InChI is InChI=1S/C23H19N3O3S3/c27-22-20(31-23(30)26(22)19-11-12-32(28,29)15-19)13-17-14-25(18-9-5-2-6-10-18)24-21(17)16-7-3-1-4-8-16/h1-10,13-14,19H,11-12,15H2/b20-13+. The largest absolute Gasteiger partial charge is 0.289 e. The Labute approximate surface area is 195 Å². The molecule has 0 N–H and O–H groups in total. The van der Waals surface area contributed by atoms with Gasteiger partial charge in [0.1, 0.15) is 4.32 Å². The van der Waals surface area contributed by atoms with Crippen LogP contribution in [0.15, 0.2) is 71.8 Å². The summed E-state index contributed by atoms with van der Waals surface area (Å²) in [6, 6.07) is 19.2. The molecule has 32 heavy (non-hydrogen) atoms. The van der Waals surface area contributed by atoms with Crippen LogP contribution in [0.3, 0.4) is 0 Å². The van der Waals surface area contributed by atoms with Crippen molar-refractivity contribution < 1.29 is 13.2 Å². The highest BCUT2D eigenvalue weighted by atomic mass is 32.2. The summed E-state index contributed by atoms with van der Waals surface area (Å²) < 4.78 is 26.0. The first-order valence-corrected chi connectivity index (χ1v) is 13.1. The highest BCUT2D eigenvalue weighted by Crippen LogP contribution is 2.37. The number of aromatic nitrogens is 2. The van der Waals surface area contributed by atoms with E-state index in [1.165, 1.54) is 16.7 Å². The van der Waals surface area contributed by atoms with Crippen molar-refractivity contribution in [2.45, 2.75) is 12.5 Å². The summed E-state index contributed by atoms with van der Waals surface area (Å²) in [6.45, 7) is 0. The zero-order valence-electron chi connectivity index (χ0n) is 16.9. The Hall–Kier alpha value is -2.75. The number of thioether (sulfide) groups is 1. The van der Waals surface area contributed by atoms with Gasteiger partial charge in [-0.05, 0) is 24.6 Å². The fourth-order valence-corrected chi connectivity index (χ4v) is 7.03. The lowest BCUT2D eigenvalue weighted by Gasteiger charge is -2.20. The quantitative estimate of drug-likeness (QED) is 0.415. The minimum absolute atomic E-state index is 0.0338. The van der Waals surface area contributed by atoms with Gasteiger partial charge in [-0.3, -0.25) is 9.69 Å². The first kappa shape index (κ1) is 21.1. The molecule has 9 heteroatoms. The fraction of sp³-hybridized carbons (Fsp3) is 0.174. The van der Waals surface area contributed by atoms with Gasteiger partial charge in [0.05, 0.1) is 33.8 Å². The Morgan fingerprint density at radius 2 is 1.75 bits per heavy atom. The van der Waals surface area contributed by atoms with Gasteiger partial charge in [-0.25, -0.2) is 13.1 Å². The first-order valence-electron chi connectivity index (χ1n) is 10.1. The van der Waals surface area contributed by atoms with Crippen LogP contribution in [0, 0.1) is 0 Å². The fourth-order valence-electron chi connectivity index (χ4n) is 3.94. The van der Waals surface area contributed by atoms with E-state index in [0.717, 1.165) is 22.5 Å². The van der Waals surface area contributed by atoms with E-state index in [1.807, 2.05) is 66.9 Å². The SMILES string of the molecule is O=C1/C(=C\c2cn(-c3ccccc3)nc2-c2ccccc2)SC(=S)N1C1CCS(=O)(=O)C1. The molecule has 2 aromatic carbocycles. The maximum Gasteiger partial charge on any atom is 0.266 e. The Morgan fingerprint density at radius 1 is 1.06 bits per heavy atom. The second-order valence-corrected chi connectivity index (χ2v) is 11.6. The normalized spacial score (nSPS) is 21.6. The van der Waals surface area contributed by atoms with Gasteiger partial charge in [-0.2, -0.15) is 5.10 Å². The molecule has 1 amide bonds. The van der Waals surface area contributed by atoms with Crippen molar-refractivity contribution in [1.29, 1.82) is 0 Å². The number of hydrogen-bond acceptors (Lipinski definition) is 6.